The van der Waals surface area contributed by atoms with E-state index in [0.717, 1.165) is 24.2 Å². The largest absolute Gasteiger partial charge is 0.478 e. The monoisotopic (exact) mass is 499 g/mol. The van der Waals surface area contributed by atoms with E-state index in [4.69, 9.17) is 34.7 Å². The number of amides is 2. The molecule has 1 aromatic carbocycles. The molecule has 0 aliphatic heterocycles. The summed E-state index contributed by atoms with van der Waals surface area (Å²) in [4.78, 5) is 43.6. The number of nitrogens with one attached hydrogen (secondary N) is 1. The van der Waals surface area contributed by atoms with Gasteiger partial charge in [0.25, 0.3) is 0 Å². The summed E-state index contributed by atoms with van der Waals surface area (Å²) in [6.45, 7) is 1.39. The summed E-state index contributed by atoms with van der Waals surface area (Å²) in [7, 11) is 0. The number of halogens is 2. The maximum Gasteiger partial charge on any atom is 0.345 e. The molecule has 1 aromatic rings. The maximum atomic E-state index is 13.4. The molecule has 182 valence electrons. The van der Waals surface area contributed by atoms with Crippen molar-refractivity contribution in [3.8, 4) is 0 Å². The number of nitrogens with zero attached hydrogens (tertiary/aromatic N) is 2. The Balaban J connectivity index is 2.41. The second kappa shape index (κ2) is 12.2. The average molecular weight is 500 g/mol. The molecule has 2 rings (SSSR count). The second-order valence-electron chi connectivity index (χ2n) is 8.21. The number of hydrogen-bond donors (Lipinski definition) is 4. The van der Waals surface area contributed by atoms with Crippen molar-refractivity contribution < 1.29 is 19.5 Å². The smallest absolute Gasteiger partial charge is 0.345 e. The fourth-order valence-electron chi connectivity index (χ4n) is 4.14. The highest BCUT2D eigenvalue weighted by Gasteiger charge is 2.49. The lowest BCUT2D eigenvalue weighted by Gasteiger charge is -2.41. The van der Waals surface area contributed by atoms with Crippen molar-refractivity contribution >= 4 is 46.9 Å². The van der Waals surface area contributed by atoms with Crippen LogP contribution in [0.15, 0.2) is 23.2 Å². The molecular formula is C22H31Cl2N5O4. The molecule has 0 spiro atoms. The van der Waals surface area contributed by atoms with E-state index in [1.54, 1.807) is 18.2 Å². The van der Waals surface area contributed by atoms with Crippen LogP contribution in [0.3, 0.4) is 0 Å². The Labute approximate surface area is 203 Å². The van der Waals surface area contributed by atoms with Crippen LogP contribution in [-0.4, -0.2) is 46.0 Å². The van der Waals surface area contributed by atoms with E-state index >= 15 is 0 Å². The minimum absolute atomic E-state index is 0.0349. The van der Waals surface area contributed by atoms with Gasteiger partial charge in [-0.1, -0.05) is 48.5 Å². The Morgan fingerprint density at radius 2 is 1.85 bits per heavy atom. The molecule has 0 radical (unpaired) electrons. The van der Waals surface area contributed by atoms with Crippen molar-refractivity contribution in [2.24, 2.45) is 22.4 Å². The minimum atomic E-state index is -1.98. The van der Waals surface area contributed by atoms with E-state index in [2.05, 4.69) is 10.3 Å². The Morgan fingerprint density at radius 1 is 1.18 bits per heavy atom. The summed E-state index contributed by atoms with van der Waals surface area (Å²) in [5.41, 5.74) is 9.41. The van der Waals surface area contributed by atoms with E-state index in [1.807, 2.05) is 0 Å². The number of carbonyl (C=O) groups excluding carboxylic acids is 2. The first-order valence-corrected chi connectivity index (χ1v) is 11.7. The molecule has 0 bridgehead atoms. The molecule has 0 aromatic heterocycles. The third-order valence-corrected chi connectivity index (χ3v) is 6.52. The zero-order valence-electron chi connectivity index (χ0n) is 18.7. The van der Waals surface area contributed by atoms with Crippen molar-refractivity contribution in [3.05, 3.63) is 33.8 Å². The van der Waals surface area contributed by atoms with Crippen LogP contribution in [0, 0.1) is 5.92 Å². The van der Waals surface area contributed by atoms with Crippen LogP contribution in [0.4, 0.5) is 0 Å². The van der Waals surface area contributed by atoms with Gasteiger partial charge in [0.2, 0.25) is 11.8 Å². The van der Waals surface area contributed by atoms with Crippen molar-refractivity contribution in [2.45, 2.75) is 64.1 Å². The number of benzene rings is 1. The van der Waals surface area contributed by atoms with Crippen molar-refractivity contribution in [1.82, 2.24) is 10.2 Å². The van der Waals surface area contributed by atoms with Crippen LogP contribution >= 0.6 is 23.2 Å². The van der Waals surface area contributed by atoms with Gasteiger partial charge in [0.1, 0.15) is 0 Å². The Kier molecular flexibility index (Phi) is 9.94. The number of aliphatic imine (C=N–C) groups is 1. The van der Waals surface area contributed by atoms with Gasteiger partial charge < -0.3 is 16.6 Å². The summed E-state index contributed by atoms with van der Waals surface area (Å²) >= 11 is 12.1. The summed E-state index contributed by atoms with van der Waals surface area (Å²) in [5, 5.41) is 14.0. The third-order valence-electron chi connectivity index (χ3n) is 5.79. The molecule has 6 N–H and O–H groups in total. The SMILES string of the molecule is CC(=O)N(C(=O)C1CCCCC1)[C@](CCCN=C(N)N)(NCc1ccc(Cl)c(Cl)c1)C(=O)O. The first-order valence-electron chi connectivity index (χ1n) is 10.9. The molecular weight excluding hydrogens is 469 g/mol. The molecule has 33 heavy (non-hydrogen) atoms. The predicted octanol–water partition coefficient (Wildman–Crippen LogP) is 2.87. The van der Waals surface area contributed by atoms with E-state index in [1.165, 1.54) is 6.92 Å². The van der Waals surface area contributed by atoms with Gasteiger partial charge in [0, 0.05) is 25.9 Å². The fourth-order valence-corrected chi connectivity index (χ4v) is 4.46. The van der Waals surface area contributed by atoms with Gasteiger partial charge in [0.05, 0.1) is 10.0 Å². The Bertz CT molecular complexity index is 901. The maximum absolute atomic E-state index is 13.4. The lowest BCUT2D eigenvalue weighted by Crippen LogP contribution is -2.67. The summed E-state index contributed by atoms with van der Waals surface area (Å²) in [6, 6.07) is 4.89. The summed E-state index contributed by atoms with van der Waals surface area (Å²) < 4.78 is 0. The molecule has 11 heteroatoms. The molecule has 0 heterocycles. The molecule has 0 unspecified atom stereocenters. The molecule has 2 amide bonds. The van der Waals surface area contributed by atoms with Crippen LogP contribution in [0.5, 0.6) is 0 Å². The third kappa shape index (κ3) is 7.06. The lowest BCUT2D eigenvalue weighted by atomic mass is 9.87. The number of hydrogen-bond acceptors (Lipinski definition) is 5. The average Bonchev–Trinajstić information content (AvgIpc) is 2.76. The standard InChI is InChI=1S/C22H31Cl2N5O4/c1-14(30)29(19(31)16-6-3-2-4-7-16)22(20(32)33,10-5-11-27-21(25)26)28-13-15-8-9-17(23)18(24)12-15/h8-9,12,16,28H,2-7,10-11,13H2,1H3,(H,32,33)(H4,25,26,27)/t22-/m0/s1. The van der Waals surface area contributed by atoms with Gasteiger partial charge >= 0.3 is 5.97 Å². The van der Waals surface area contributed by atoms with Crippen LogP contribution < -0.4 is 16.8 Å². The first-order chi connectivity index (χ1) is 15.6. The topological polar surface area (TPSA) is 151 Å². The molecule has 1 aliphatic rings. The fraction of sp³-hybridized carbons (Fsp3) is 0.545. The quantitative estimate of drug-likeness (QED) is 0.167. The highest BCUT2D eigenvalue weighted by molar-refractivity contribution is 6.42. The Hall–Kier alpha value is -2.36. The molecule has 0 saturated heterocycles. The van der Waals surface area contributed by atoms with Crippen LogP contribution in [0.25, 0.3) is 0 Å². The second-order valence-corrected chi connectivity index (χ2v) is 9.02. The van der Waals surface area contributed by atoms with Crippen LogP contribution in [0.2, 0.25) is 10.0 Å². The predicted molar refractivity (Wildman–Crippen MR) is 128 cm³/mol. The number of imide groups is 1. The van der Waals surface area contributed by atoms with Gasteiger partial charge in [-0.25, -0.2) is 4.79 Å². The zero-order chi connectivity index (χ0) is 24.6. The number of rotatable bonds is 10. The molecule has 1 aliphatic carbocycles. The lowest BCUT2D eigenvalue weighted by molar-refractivity contribution is -0.171. The summed E-state index contributed by atoms with van der Waals surface area (Å²) in [6.07, 6.45) is 4.13. The van der Waals surface area contributed by atoms with Crippen LogP contribution in [0.1, 0.15) is 57.4 Å². The van der Waals surface area contributed by atoms with Gasteiger partial charge in [0.15, 0.2) is 11.6 Å². The molecule has 1 atom stereocenters. The van der Waals surface area contributed by atoms with Gasteiger partial charge in [-0.2, -0.15) is 0 Å². The molecule has 1 fully saturated rings. The number of carbonyl (C=O) groups is 3. The number of guanidine groups is 1. The van der Waals surface area contributed by atoms with Crippen molar-refractivity contribution in [1.29, 1.82) is 0 Å². The first kappa shape index (κ1) is 26.9. The number of nitrogens with two attached hydrogens (primary N) is 2. The summed E-state index contributed by atoms with van der Waals surface area (Å²) in [5.74, 6) is -2.98. The van der Waals surface area contributed by atoms with E-state index in [9.17, 15) is 19.5 Å². The minimum Gasteiger partial charge on any atom is -0.478 e. The number of carboxylic acid groups (broad SMARTS) is 1. The Morgan fingerprint density at radius 3 is 2.39 bits per heavy atom. The highest BCUT2D eigenvalue weighted by atomic mass is 35.5. The van der Waals surface area contributed by atoms with Gasteiger partial charge in [-0.05, 0) is 43.4 Å². The highest BCUT2D eigenvalue weighted by Crippen LogP contribution is 2.30. The van der Waals surface area contributed by atoms with Gasteiger partial charge in [-0.15, -0.1) is 0 Å². The van der Waals surface area contributed by atoms with E-state index in [-0.39, 0.29) is 31.9 Å². The van der Waals surface area contributed by atoms with Gasteiger partial charge in [-0.3, -0.25) is 24.8 Å². The zero-order valence-corrected chi connectivity index (χ0v) is 20.2. The van der Waals surface area contributed by atoms with Crippen molar-refractivity contribution in [3.63, 3.8) is 0 Å². The van der Waals surface area contributed by atoms with Crippen LogP contribution in [-0.2, 0) is 20.9 Å². The number of aliphatic carboxylic acids is 1. The van der Waals surface area contributed by atoms with E-state index in [0.29, 0.717) is 28.5 Å². The van der Waals surface area contributed by atoms with E-state index < -0.39 is 29.4 Å². The number of carboxylic acids is 1. The van der Waals surface area contributed by atoms with Crippen molar-refractivity contribution in [2.75, 3.05) is 6.54 Å². The molecule has 1 saturated carbocycles. The normalized spacial score (nSPS) is 16.0. The molecule has 9 nitrogen and oxygen atoms in total.